The number of aromatic nitrogens is 1. The Morgan fingerprint density at radius 3 is 2.68 bits per heavy atom. The number of hydrogen-bond donors (Lipinski definition) is 1. The summed E-state index contributed by atoms with van der Waals surface area (Å²) in [5.74, 6) is -1.05. The molecule has 0 saturated carbocycles. The SMILES string of the molecule is C=C(C)Cn1c(=O)ccc2cc(C(=O)O)cc(Cl)c21. The molecule has 0 bridgehead atoms. The smallest absolute Gasteiger partial charge is 0.335 e. The number of hydrogen-bond acceptors (Lipinski definition) is 2. The van der Waals surface area contributed by atoms with Gasteiger partial charge in [0, 0.05) is 18.0 Å². The Hall–Kier alpha value is -2.07. The molecule has 2 rings (SSSR count). The van der Waals surface area contributed by atoms with Gasteiger partial charge in [-0.2, -0.15) is 0 Å². The number of carboxylic acids is 1. The second-order valence-corrected chi connectivity index (χ2v) is 4.82. The maximum Gasteiger partial charge on any atom is 0.335 e. The van der Waals surface area contributed by atoms with Crippen molar-refractivity contribution in [3.63, 3.8) is 0 Å². The van der Waals surface area contributed by atoms with Crippen LogP contribution in [0.5, 0.6) is 0 Å². The van der Waals surface area contributed by atoms with Gasteiger partial charge >= 0.3 is 5.97 Å². The zero-order valence-corrected chi connectivity index (χ0v) is 11.1. The highest BCUT2D eigenvalue weighted by atomic mass is 35.5. The first kappa shape index (κ1) is 13.4. The van der Waals surface area contributed by atoms with Gasteiger partial charge in [0.2, 0.25) is 0 Å². The van der Waals surface area contributed by atoms with Gasteiger partial charge in [-0.25, -0.2) is 4.79 Å². The predicted molar refractivity (Wildman–Crippen MR) is 75.0 cm³/mol. The van der Waals surface area contributed by atoms with Gasteiger partial charge < -0.3 is 9.67 Å². The molecule has 0 radical (unpaired) electrons. The summed E-state index contributed by atoms with van der Waals surface area (Å²) in [5, 5.41) is 9.86. The zero-order chi connectivity index (χ0) is 14.2. The first-order valence-corrected chi connectivity index (χ1v) is 5.98. The van der Waals surface area contributed by atoms with Crippen molar-refractivity contribution in [3.05, 3.63) is 57.4 Å². The van der Waals surface area contributed by atoms with Gasteiger partial charge in [-0.1, -0.05) is 23.8 Å². The molecular weight excluding hydrogens is 266 g/mol. The van der Waals surface area contributed by atoms with E-state index in [4.69, 9.17) is 16.7 Å². The van der Waals surface area contributed by atoms with Crippen molar-refractivity contribution in [3.8, 4) is 0 Å². The number of rotatable bonds is 3. The summed E-state index contributed by atoms with van der Waals surface area (Å²) in [6, 6.07) is 5.82. The van der Waals surface area contributed by atoms with Gasteiger partial charge in [-0.3, -0.25) is 4.79 Å². The number of carboxylic acid groups (broad SMARTS) is 1. The van der Waals surface area contributed by atoms with Crippen LogP contribution in [0.3, 0.4) is 0 Å². The maximum absolute atomic E-state index is 11.9. The lowest BCUT2D eigenvalue weighted by atomic mass is 10.1. The van der Waals surface area contributed by atoms with E-state index in [1.165, 1.54) is 22.8 Å². The first-order valence-electron chi connectivity index (χ1n) is 5.61. The van der Waals surface area contributed by atoms with Gasteiger partial charge in [0.05, 0.1) is 16.1 Å². The quantitative estimate of drug-likeness (QED) is 0.878. The molecule has 0 aliphatic heterocycles. The van der Waals surface area contributed by atoms with Crippen LogP contribution in [0.15, 0.2) is 41.2 Å². The summed E-state index contributed by atoms with van der Waals surface area (Å²) < 4.78 is 1.49. The lowest BCUT2D eigenvalue weighted by Crippen LogP contribution is -2.20. The van der Waals surface area contributed by atoms with Crippen LogP contribution in [0.1, 0.15) is 17.3 Å². The molecular formula is C14H12ClNO3. The van der Waals surface area contributed by atoms with Crippen LogP contribution in [0.4, 0.5) is 0 Å². The van der Waals surface area contributed by atoms with E-state index in [1.807, 2.05) is 6.92 Å². The van der Waals surface area contributed by atoms with E-state index in [0.29, 0.717) is 17.4 Å². The fourth-order valence-corrected chi connectivity index (χ4v) is 2.27. The minimum atomic E-state index is -1.05. The molecule has 1 N–H and O–H groups in total. The largest absolute Gasteiger partial charge is 0.478 e. The summed E-state index contributed by atoms with van der Waals surface area (Å²) in [6.45, 7) is 5.94. The van der Waals surface area contributed by atoms with Crippen molar-refractivity contribution in [1.29, 1.82) is 0 Å². The summed E-state index contributed by atoms with van der Waals surface area (Å²) in [4.78, 5) is 22.9. The third-order valence-electron chi connectivity index (χ3n) is 2.71. The lowest BCUT2D eigenvalue weighted by Gasteiger charge is -2.12. The van der Waals surface area contributed by atoms with Gasteiger partial charge in [0.25, 0.3) is 5.56 Å². The van der Waals surface area contributed by atoms with Crippen LogP contribution < -0.4 is 5.56 Å². The van der Waals surface area contributed by atoms with Crippen molar-refractivity contribution in [2.24, 2.45) is 0 Å². The number of pyridine rings is 1. The van der Waals surface area contributed by atoms with E-state index in [-0.39, 0.29) is 16.1 Å². The Bertz CT molecular complexity index is 746. The van der Waals surface area contributed by atoms with Crippen molar-refractivity contribution < 1.29 is 9.90 Å². The summed E-state index contributed by atoms with van der Waals surface area (Å²) in [5.41, 5.74) is 1.24. The minimum Gasteiger partial charge on any atom is -0.478 e. The predicted octanol–water partition coefficient (Wildman–Crippen LogP) is 2.93. The summed E-state index contributed by atoms with van der Waals surface area (Å²) >= 11 is 6.11. The van der Waals surface area contributed by atoms with Crippen LogP contribution in [-0.2, 0) is 6.54 Å². The number of benzene rings is 1. The molecule has 0 aliphatic rings. The highest BCUT2D eigenvalue weighted by Crippen LogP contribution is 2.25. The Balaban J connectivity index is 2.82. The molecule has 0 amide bonds. The molecule has 2 aromatic rings. The maximum atomic E-state index is 11.9. The third kappa shape index (κ3) is 2.53. The van der Waals surface area contributed by atoms with Crippen molar-refractivity contribution in [2.45, 2.75) is 13.5 Å². The highest BCUT2D eigenvalue weighted by Gasteiger charge is 2.12. The molecule has 1 aromatic heterocycles. The Morgan fingerprint density at radius 1 is 1.42 bits per heavy atom. The topological polar surface area (TPSA) is 59.3 Å². The fraction of sp³-hybridized carbons (Fsp3) is 0.143. The van der Waals surface area contributed by atoms with E-state index in [2.05, 4.69) is 6.58 Å². The van der Waals surface area contributed by atoms with Gasteiger partial charge in [0.15, 0.2) is 0 Å². The van der Waals surface area contributed by atoms with Crippen LogP contribution >= 0.6 is 11.6 Å². The molecule has 0 aliphatic carbocycles. The molecule has 0 atom stereocenters. The normalized spacial score (nSPS) is 10.6. The lowest BCUT2D eigenvalue weighted by molar-refractivity contribution is 0.0697. The number of nitrogens with zero attached hydrogens (tertiary/aromatic N) is 1. The molecule has 0 saturated heterocycles. The van der Waals surface area contributed by atoms with Crippen molar-refractivity contribution in [2.75, 3.05) is 0 Å². The van der Waals surface area contributed by atoms with Crippen LogP contribution in [0.2, 0.25) is 5.02 Å². The molecule has 1 aromatic carbocycles. The molecule has 19 heavy (non-hydrogen) atoms. The average molecular weight is 278 g/mol. The van der Waals surface area contributed by atoms with Crippen molar-refractivity contribution in [1.82, 2.24) is 4.57 Å². The molecule has 0 fully saturated rings. The summed E-state index contributed by atoms with van der Waals surface area (Å²) in [7, 11) is 0. The number of aromatic carboxylic acids is 1. The van der Waals surface area contributed by atoms with Crippen LogP contribution in [-0.4, -0.2) is 15.6 Å². The fourth-order valence-electron chi connectivity index (χ4n) is 1.94. The number of fused-ring (bicyclic) bond motifs is 1. The van der Waals surface area contributed by atoms with Crippen molar-refractivity contribution >= 4 is 28.5 Å². The number of allylic oxidation sites excluding steroid dienone is 1. The van der Waals surface area contributed by atoms with E-state index in [9.17, 15) is 9.59 Å². The van der Waals surface area contributed by atoms with Gasteiger partial charge in [-0.05, 0) is 25.1 Å². The standard InChI is InChI=1S/C14H12ClNO3/c1-8(2)7-16-12(17)4-3-9-5-10(14(18)19)6-11(15)13(9)16/h3-6H,1,7H2,2H3,(H,18,19). The van der Waals surface area contributed by atoms with Crippen LogP contribution in [0, 0.1) is 0 Å². The Kier molecular flexibility index (Phi) is 3.44. The van der Waals surface area contributed by atoms with Gasteiger partial charge in [-0.15, -0.1) is 0 Å². The van der Waals surface area contributed by atoms with E-state index < -0.39 is 5.97 Å². The Morgan fingerprint density at radius 2 is 2.11 bits per heavy atom. The Labute approximate surface area is 114 Å². The van der Waals surface area contributed by atoms with Gasteiger partial charge in [0.1, 0.15) is 0 Å². The van der Waals surface area contributed by atoms with E-state index >= 15 is 0 Å². The summed E-state index contributed by atoms with van der Waals surface area (Å²) in [6.07, 6.45) is 0. The second-order valence-electron chi connectivity index (χ2n) is 4.42. The third-order valence-corrected chi connectivity index (χ3v) is 3.00. The monoisotopic (exact) mass is 277 g/mol. The molecule has 0 spiro atoms. The van der Waals surface area contributed by atoms with E-state index in [0.717, 1.165) is 5.57 Å². The molecule has 98 valence electrons. The van der Waals surface area contributed by atoms with Crippen LogP contribution in [0.25, 0.3) is 10.9 Å². The number of carbonyl (C=O) groups is 1. The van der Waals surface area contributed by atoms with E-state index in [1.54, 1.807) is 6.07 Å². The number of halogens is 1. The first-order chi connectivity index (χ1) is 8.90. The molecule has 5 heteroatoms. The second kappa shape index (κ2) is 4.90. The molecule has 4 nitrogen and oxygen atoms in total. The molecule has 1 heterocycles. The highest BCUT2D eigenvalue weighted by molar-refractivity contribution is 6.35. The minimum absolute atomic E-state index is 0.0954. The average Bonchev–Trinajstić information content (AvgIpc) is 2.31. The molecule has 0 unspecified atom stereocenters. The zero-order valence-electron chi connectivity index (χ0n) is 10.3.